The number of nitrogens with one attached hydrogen (secondary N) is 1. The number of hydrogen-bond acceptors (Lipinski definition) is 5. The lowest BCUT2D eigenvalue weighted by atomic mass is 9.66. The second-order valence-electron chi connectivity index (χ2n) is 7.27. The van der Waals surface area contributed by atoms with Crippen LogP contribution in [0.15, 0.2) is 53.7 Å². The van der Waals surface area contributed by atoms with Crippen molar-refractivity contribution in [1.29, 1.82) is 0 Å². The van der Waals surface area contributed by atoms with E-state index < -0.39 is 0 Å². The maximum atomic E-state index is 9.88. The van der Waals surface area contributed by atoms with Crippen LogP contribution in [0.25, 0.3) is 0 Å². The van der Waals surface area contributed by atoms with Gasteiger partial charge in [-0.2, -0.15) is 0 Å². The number of piperidine rings is 1. The second-order valence-corrected chi connectivity index (χ2v) is 7.27. The van der Waals surface area contributed by atoms with Crippen LogP contribution in [0, 0.1) is 11.8 Å². The summed E-state index contributed by atoms with van der Waals surface area (Å²) in [7, 11) is 3.40. The fourth-order valence-corrected chi connectivity index (χ4v) is 4.84. The Morgan fingerprint density at radius 3 is 1.78 bits per heavy atom. The molecule has 1 heterocycles. The Balaban J connectivity index is 1.81. The topological polar surface area (TPSA) is 63.1 Å². The maximum absolute atomic E-state index is 9.88. The van der Waals surface area contributed by atoms with E-state index in [1.165, 1.54) is 0 Å². The van der Waals surface area contributed by atoms with Crippen molar-refractivity contribution in [2.24, 2.45) is 17.0 Å². The van der Waals surface area contributed by atoms with Crippen LogP contribution in [0.1, 0.15) is 42.5 Å². The molecule has 4 atom stereocenters. The van der Waals surface area contributed by atoms with Gasteiger partial charge < -0.3 is 20.0 Å². The van der Waals surface area contributed by atoms with E-state index in [9.17, 15) is 5.21 Å². The first-order chi connectivity index (χ1) is 13.3. The SMILES string of the molecule is COc1ccccc1C1NC(c2ccccc2OC)[C@H]2CCC[C@@H]1C2=NO. The van der Waals surface area contributed by atoms with E-state index >= 15 is 0 Å². The first-order valence-electron chi connectivity index (χ1n) is 9.52. The van der Waals surface area contributed by atoms with Gasteiger partial charge in [0.2, 0.25) is 0 Å². The zero-order chi connectivity index (χ0) is 18.8. The highest BCUT2D eigenvalue weighted by Crippen LogP contribution is 2.49. The largest absolute Gasteiger partial charge is 0.496 e. The van der Waals surface area contributed by atoms with Gasteiger partial charge in [0.1, 0.15) is 11.5 Å². The third kappa shape index (κ3) is 3.06. The van der Waals surface area contributed by atoms with E-state index in [2.05, 4.69) is 22.6 Å². The molecule has 1 saturated carbocycles. The van der Waals surface area contributed by atoms with Crippen molar-refractivity contribution in [3.05, 3.63) is 59.7 Å². The summed E-state index contributed by atoms with van der Waals surface area (Å²) in [5, 5.41) is 17.5. The highest BCUT2D eigenvalue weighted by atomic mass is 16.5. The molecule has 2 bridgehead atoms. The number of ether oxygens (including phenoxy) is 2. The van der Waals surface area contributed by atoms with Gasteiger partial charge in [0.05, 0.1) is 19.9 Å². The molecule has 1 aliphatic heterocycles. The Hall–Kier alpha value is -2.53. The molecule has 0 amide bonds. The van der Waals surface area contributed by atoms with E-state index in [0.29, 0.717) is 0 Å². The van der Waals surface area contributed by atoms with Crippen molar-refractivity contribution in [3.8, 4) is 11.5 Å². The lowest BCUT2D eigenvalue weighted by Crippen LogP contribution is -2.50. The summed E-state index contributed by atoms with van der Waals surface area (Å²) in [5.74, 6) is 2.04. The summed E-state index contributed by atoms with van der Waals surface area (Å²) in [6.07, 6.45) is 3.13. The number of methoxy groups -OCH3 is 2. The van der Waals surface area contributed by atoms with Crippen LogP contribution in [0.4, 0.5) is 0 Å². The van der Waals surface area contributed by atoms with Crippen molar-refractivity contribution in [1.82, 2.24) is 5.32 Å². The minimum atomic E-state index is 0.0264. The Kier molecular flexibility index (Phi) is 5.03. The fraction of sp³-hybridized carbons (Fsp3) is 0.409. The maximum Gasteiger partial charge on any atom is 0.123 e. The third-order valence-corrected chi connectivity index (χ3v) is 6.02. The molecule has 5 heteroatoms. The molecule has 0 radical (unpaired) electrons. The molecule has 5 nitrogen and oxygen atoms in total. The van der Waals surface area contributed by atoms with Gasteiger partial charge in [-0.15, -0.1) is 0 Å². The van der Waals surface area contributed by atoms with E-state index in [1.54, 1.807) is 14.2 Å². The highest BCUT2D eigenvalue weighted by molar-refractivity contribution is 5.91. The van der Waals surface area contributed by atoms with Crippen LogP contribution in [0.2, 0.25) is 0 Å². The van der Waals surface area contributed by atoms with Gasteiger partial charge in [0, 0.05) is 35.0 Å². The normalized spacial score (nSPS) is 28.7. The molecule has 0 aromatic heterocycles. The molecular formula is C22H26N2O3. The minimum Gasteiger partial charge on any atom is -0.496 e. The molecule has 2 unspecified atom stereocenters. The van der Waals surface area contributed by atoms with Crippen molar-refractivity contribution >= 4 is 5.71 Å². The molecule has 2 aliphatic rings. The first kappa shape index (κ1) is 17.9. The number of benzene rings is 2. The first-order valence-corrected chi connectivity index (χ1v) is 9.52. The Morgan fingerprint density at radius 2 is 1.33 bits per heavy atom. The average Bonchev–Trinajstić information content (AvgIpc) is 2.73. The number of fused-ring (bicyclic) bond motifs is 2. The molecule has 2 aromatic carbocycles. The van der Waals surface area contributed by atoms with Gasteiger partial charge in [-0.3, -0.25) is 0 Å². The van der Waals surface area contributed by atoms with Crippen LogP contribution in [0.3, 0.4) is 0 Å². The predicted molar refractivity (Wildman–Crippen MR) is 105 cm³/mol. The van der Waals surface area contributed by atoms with Gasteiger partial charge >= 0.3 is 0 Å². The summed E-state index contributed by atoms with van der Waals surface area (Å²) in [4.78, 5) is 0. The molecule has 4 rings (SSSR count). The average molecular weight is 366 g/mol. The fourth-order valence-electron chi connectivity index (χ4n) is 4.84. The van der Waals surface area contributed by atoms with Gasteiger partial charge in [0.25, 0.3) is 0 Å². The predicted octanol–water partition coefficient (Wildman–Crippen LogP) is 4.34. The number of para-hydroxylation sites is 2. The lowest BCUT2D eigenvalue weighted by molar-refractivity contribution is 0.209. The molecule has 27 heavy (non-hydrogen) atoms. The van der Waals surface area contributed by atoms with Crippen LogP contribution >= 0.6 is 0 Å². The van der Waals surface area contributed by atoms with Crippen molar-refractivity contribution in [2.45, 2.75) is 31.3 Å². The van der Waals surface area contributed by atoms with Crippen LogP contribution < -0.4 is 14.8 Å². The monoisotopic (exact) mass is 366 g/mol. The van der Waals surface area contributed by atoms with E-state index in [0.717, 1.165) is 47.6 Å². The smallest absolute Gasteiger partial charge is 0.123 e. The summed E-state index contributed by atoms with van der Waals surface area (Å²) >= 11 is 0. The van der Waals surface area contributed by atoms with Crippen molar-refractivity contribution in [2.75, 3.05) is 14.2 Å². The number of rotatable bonds is 4. The van der Waals surface area contributed by atoms with E-state index in [4.69, 9.17) is 9.47 Å². The zero-order valence-corrected chi connectivity index (χ0v) is 15.8. The summed E-state index contributed by atoms with van der Waals surface area (Å²) in [6, 6.07) is 16.2. The second kappa shape index (κ2) is 7.61. The summed E-state index contributed by atoms with van der Waals surface area (Å²) in [5.41, 5.74) is 3.10. The molecule has 2 aromatic rings. The molecule has 1 saturated heterocycles. The molecule has 2 fully saturated rings. The Labute approximate surface area is 160 Å². The van der Waals surface area contributed by atoms with E-state index in [-0.39, 0.29) is 23.9 Å². The quantitative estimate of drug-likeness (QED) is 0.624. The van der Waals surface area contributed by atoms with Gasteiger partial charge in [-0.05, 0) is 25.0 Å². The van der Waals surface area contributed by atoms with Crippen molar-refractivity contribution in [3.63, 3.8) is 0 Å². The highest BCUT2D eigenvalue weighted by Gasteiger charge is 2.46. The van der Waals surface area contributed by atoms with Gasteiger partial charge in [0.15, 0.2) is 0 Å². The van der Waals surface area contributed by atoms with Gasteiger partial charge in [-0.25, -0.2) is 0 Å². The Bertz CT molecular complexity index is 772. The lowest BCUT2D eigenvalue weighted by Gasteiger charge is -2.47. The van der Waals surface area contributed by atoms with Gasteiger partial charge in [-0.1, -0.05) is 48.0 Å². The van der Waals surface area contributed by atoms with Crippen molar-refractivity contribution < 1.29 is 14.7 Å². The molecule has 2 N–H and O–H groups in total. The Morgan fingerprint density at radius 1 is 0.852 bits per heavy atom. The zero-order valence-electron chi connectivity index (χ0n) is 15.8. The molecule has 142 valence electrons. The number of hydrogen-bond donors (Lipinski definition) is 2. The van der Waals surface area contributed by atoms with Crippen LogP contribution in [-0.4, -0.2) is 25.1 Å². The number of oxime groups is 1. The molecule has 1 aliphatic carbocycles. The summed E-state index contributed by atoms with van der Waals surface area (Å²) < 4.78 is 11.2. The van der Waals surface area contributed by atoms with E-state index in [1.807, 2.05) is 36.4 Å². The summed E-state index contributed by atoms with van der Waals surface area (Å²) in [6.45, 7) is 0. The molecule has 0 spiro atoms. The van der Waals surface area contributed by atoms with Crippen LogP contribution in [-0.2, 0) is 0 Å². The minimum absolute atomic E-state index is 0.0264. The number of nitrogens with zero attached hydrogens (tertiary/aromatic N) is 1. The standard InChI is InChI=1S/C22H26N2O3/c1-26-18-12-5-3-8-14(18)20-16-10-7-11-17(22(16)24-25)21(23-20)15-9-4-6-13-19(15)27-2/h3-6,8-9,12-13,16-17,20-21,23,25H,7,10-11H2,1-2H3/t16-,17+,20?,21?. The molecular weight excluding hydrogens is 340 g/mol. The third-order valence-electron chi connectivity index (χ3n) is 6.02. The van der Waals surface area contributed by atoms with Crippen LogP contribution in [0.5, 0.6) is 11.5 Å².